The molecule has 0 atom stereocenters. The summed E-state index contributed by atoms with van der Waals surface area (Å²) in [5.74, 6) is 0. The summed E-state index contributed by atoms with van der Waals surface area (Å²) in [7, 11) is 0. The van der Waals surface area contributed by atoms with Gasteiger partial charge < -0.3 is 4.74 Å². The summed E-state index contributed by atoms with van der Waals surface area (Å²) in [5.41, 5.74) is 0.983. The van der Waals surface area contributed by atoms with Gasteiger partial charge in [-0.3, -0.25) is 0 Å². The highest BCUT2D eigenvalue weighted by Crippen LogP contribution is 2.30. The van der Waals surface area contributed by atoms with Crippen LogP contribution in [-0.4, -0.2) is 5.60 Å². The summed E-state index contributed by atoms with van der Waals surface area (Å²) in [6, 6.07) is 2.12. The molecule has 2 heteroatoms. The molecule has 0 unspecified atom stereocenters. The maximum Gasteiger partial charge on any atom is 0.0890 e. The third-order valence-electron chi connectivity index (χ3n) is 1.78. The number of hydrogen-bond acceptors (Lipinski definition) is 2. The molecule has 0 spiro atoms. The minimum absolute atomic E-state index is 0.0918. The molecule has 0 fully saturated rings. The van der Waals surface area contributed by atoms with Gasteiger partial charge in [0.1, 0.15) is 0 Å². The van der Waals surface area contributed by atoms with Crippen LogP contribution in [0.3, 0.4) is 0 Å². The fourth-order valence-corrected chi connectivity index (χ4v) is 2.24. The Labute approximate surface area is 84.7 Å². The average molecular weight is 198 g/mol. The summed E-state index contributed by atoms with van der Waals surface area (Å²) in [5, 5.41) is 4.23. The quantitative estimate of drug-likeness (QED) is 0.702. The van der Waals surface area contributed by atoms with Crippen molar-refractivity contribution in [2.75, 3.05) is 0 Å². The smallest absolute Gasteiger partial charge is 0.0890 e. The van der Waals surface area contributed by atoms with Gasteiger partial charge in [0.15, 0.2) is 0 Å². The Bertz CT molecular complexity index is 254. The largest absolute Gasteiger partial charge is 0.365 e. The van der Waals surface area contributed by atoms with Gasteiger partial charge in [0.05, 0.1) is 11.2 Å². The maximum atomic E-state index is 5.98. The predicted molar refractivity (Wildman–Crippen MR) is 58.2 cm³/mol. The summed E-state index contributed by atoms with van der Waals surface area (Å²) in [4.78, 5) is 0. The van der Waals surface area contributed by atoms with Crippen molar-refractivity contribution in [3.05, 3.63) is 22.4 Å². The molecular weight excluding hydrogens is 180 g/mol. The Morgan fingerprint density at radius 2 is 1.77 bits per heavy atom. The van der Waals surface area contributed by atoms with Gasteiger partial charge in [0, 0.05) is 0 Å². The number of ether oxygens (including phenoxy) is 1. The van der Waals surface area contributed by atoms with E-state index in [2.05, 4.69) is 51.4 Å². The zero-order valence-corrected chi connectivity index (χ0v) is 9.87. The molecule has 0 aliphatic rings. The molecule has 0 bridgehead atoms. The number of rotatable bonds is 2. The molecule has 0 radical (unpaired) electrons. The van der Waals surface area contributed by atoms with E-state index in [1.165, 1.54) is 5.56 Å². The molecule has 74 valence electrons. The van der Waals surface area contributed by atoms with Crippen molar-refractivity contribution in [2.45, 2.75) is 45.8 Å². The van der Waals surface area contributed by atoms with E-state index in [9.17, 15) is 0 Å². The first-order valence-electron chi connectivity index (χ1n) is 4.54. The highest BCUT2D eigenvalue weighted by atomic mass is 32.1. The van der Waals surface area contributed by atoms with Gasteiger partial charge in [-0.2, -0.15) is 11.3 Å². The lowest BCUT2D eigenvalue weighted by Gasteiger charge is -2.33. The van der Waals surface area contributed by atoms with Crippen molar-refractivity contribution in [1.82, 2.24) is 0 Å². The Morgan fingerprint density at radius 1 is 1.15 bits per heavy atom. The Balaban J connectivity index is 2.78. The topological polar surface area (TPSA) is 9.23 Å². The van der Waals surface area contributed by atoms with E-state index in [0.717, 1.165) is 0 Å². The van der Waals surface area contributed by atoms with E-state index in [1.54, 1.807) is 11.3 Å². The van der Waals surface area contributed by atoms with Crippen molar-refractivity contribution in [1.29, 1.82) is 0 Å². The van der Waals surface area contributed by atoms with Gasteiger partial charge in [-0.15, -0.1) is 0 Å². The Hall–Kier alpha value is -0.340. The summed E-state index contributed by atoms with van der Waals surface area (Å²) in [6.07, 6.45) is 0. The van der Waals surface area contributed by atoms with Crippen LogP contribution >= 0.6 is 11.3 Å². The third kappa shape index (κ3) is 3.12. The lowest BCUT2D eigenvalue weighted by Crippen LogP contribution is -2.32. The SMILES string of the molecule is CC(C)(C)OC(C)(C)c1ccsc1. The van der Waals surface area contributed by atoms with E-state index >= 15 is 0 Å². The van der Waals surface area contributed by atoms with E-state index < -0.39 is 0 Å². The van der Waals surface area contributed by atoms with E-state index in [1.807, 2.05) is 0 Å². The molecule has 1 rings (SSSR count). The first kappa shape index (κ1) is 10.7. The summed E-state index contributed by atoms with van der Waals surface area (Å²) in [6.45, 7) is 10.5. The summed E-state index contributed by atoms with van der Waals surface area (Å²) >= 11 is 1.71. The second kappa shape index (κ2) is 3.43. The predicted octanol–water partition coefficient (Wildman–Crippen LogP) is 3.80. The van der Waals surface area contributed by atoms with Crippen LogP contribution in [0.5, 0.6) is 0 Å². The minimum Gasteiger partial charge on any atom is -0.365 e. The van der Waals surface area contributed by atoms with Gasteiger partial charge in [-0.1, -0.05) is 0 Å². The fraction of sp³-hybridized carbons (Fsp3) is 0.636. The second-order valence-corrected chi connectivity index (χ2v) is 5.52. The minimum atomic E-state index is -0.182. The standard InChI is InChI=1S/C11H18OS/c1-10(2,3)12-11(4,5)9-6-7-13-8-9/h6-8H,1-5H3. The molecule has 0 saturated carbocycles. The molecule has 1 aromatic rings. The Morgan fingerprint density at radius 3 is 2.15 bits per heavy atom. The molecule has 13 heavy (non-hydrogen) atoms. The van der Waals surface area contributed by atoms with E-state index in [4.69, 9.17) is 4.74 Å². The number of hydrogen-bond donors (Lipinski definition) is 0. The summed E-state index contributed by atoms with van der Waals surface area (Å²) < 4.78 is 5.98. The van der Waals surface area contributed by atoms with Crippen LogP contribution < -0.4 is 0 Å². The average Bonchev–Trinajstić information content (AvgIpc) is 2.29. The van der Waals surface area contributed by atoms with Crippen LogP contribution in [0, 0.1) is 0 Å². The van der Waals surface area contributed by atoms with Crippen LogP contribution in [0.1, 0.15) is 40.2 Å². The van der Waals surface area contributed by atoms with Crippen molar-refractivity contribution in [3.8, 4) is 0 Å². The molecule has 1 heterocycles. The van der Waals surface area contributed by atoms with Gasteiger partial charge in [-0.25, -0.2) is 0 Å². The molecule has 0 amide bonds. The zero-order valence-electron chi connectivity index (χ0n) is 9.05. The van der Waals surface area contributed by atoms with Gasteiger partial charge >= 0.3 is 0 Å². The lowest BCUT2D eigenvalue weighted by molar-refractivity contribution is -0.117. The molecule has 1 nitrogen and oxygen atoms in total. The van der Waals surface area contributed by atoms with Crippen LogP contribution in [0.2, 0.25) is 0 Å². The second-order valence-electron chi connectivity index (χ2n) is 4.74. The molecule has 0 aromatic carbocycles. The van der Waals surface area contributed by atoms with E-state index in [-0.39, 0.29) is 11.2 Å². The van der Waals surface area contributed by atoms with Gasteiger partial charge in [0.2, 0.25) is 0 Å². The maximum absolute atomic E-state index is 5.98. The normalized spacial score (nSPS) is 13.3. The van der Waals surface area contributed by atoms with Crippen LogP contribution in [0.15, 0.2) is 16.8 Å². The molecule has 0 aliphatic heterocycles. The Kier molecular flexibility index (Phi) is 2.83. The van der Waals surface area contributed by atoms with Crippen LogP contribution in [0.4, 0.5) is 0 Å². The van der Waals surface area contributed by atoms with Crippen LogP contribution in [-0.2, 0) is 10.3 Å². The monoisotopic (exact) mass is 198 g/mol. The van der Waals surface area contributed by atoms with E-state index in [0.29, 0.717) is 0 Å². The first-order chi connectivity index (χ1) is 5.81. The van der Waals surface area contributed by atoms with Crippen molar-refractivity contribution < 1.29 is 4.74 Å². The van der Waals surface area contributed by atoms with Crippen LogP contribution in [0.25, 0.3) is 0 Å². The van der Waals surface area contributed by atoms with Gasteiger partial charge in [0.25, 0.3) is 0 Å². The molecular formula is C11H18OS. The van der Waals surface area contributed by atoms with Crippen molar-refractivity contribution in [3.63, 3.8) is 0 Å². The van der Waals surface area contributed by atoms with Crippen molar-refractivity contribution in [2.24, 2.45) is 0 Å². The lowest BCUT2D eigenvalue weighted by atomic mass is 10.00. The highest BCUT2D eigenvalue weighted by Gasteiger charge is 2.27. The molecule has 0 saturated heterocycles. The van der Waals surface area contributed by atoms with Gasteiger partial charge in [-0.05, 0) is 57.0 Å². The molecule has 1 aromatic heterocycles. The highest BCUT2D eigenvalue weighted by molar-refractivity contribution is 7.08. The first-order valence-corrected chi connectivity index (χ1v) is 5.48. The van der Waals surface area contributed by atoms with Crippen molar-refractivity contribution >= 4 is 11.3 Å². The third-order valence-corrected chi connectivity index (χ3v) is 2.46. The zero-order chi connectivity index (χ0) is 10.1. The number of thiophene rings is 1. The fourth-order valence-electron chi connectivity index (χ4n) is 1.43. The molecule has 0 aliphatic carbocycles. The molecule has 0 N–H and O–H groups in total.